The van der Waals surface area contributed by atoms with Gasteiger partial charge in [0.25, 0.3) is 0 Å². The van der Waals surface area contributed by atoms with E-state index in [1.165, 1.54) is 19.3 Å². The van der Waals surface area contributed by atoms with Gasteiger partial charge in [-0.15, -0.1) is 12.6 Å². The minimum Gasteiger partial charge on any atom is -0.486 e. The summed E-state index contributed by atoms with van der Waals surface area (Å²) >= 11 is 4.39. The van der Waals surface area contributed by atoms with E-state index in [9.17, 15) is 0 Å². The molecule has 1 aromatic rings. The van der Waals surface area contributed by atoms with Crippen molar-refractivity contribution in [1.82, 2.24) is 4.98 Å². The summed E-state index contributed by atoms with van der Waals surface area (Å²) in [4.78, 5) is 7.54. The lowest BCUT2D eigenvalue weighted by atomic mass is 9.75. The van der Waals surface area contributed by atoms with Gasteiger partial charge in [-0.1, -0.05) is 0 Å². The maximum absolute atomic E-state index is 5.80. The number of likely N-dealkylation sites (N-methyl/N-ethyl adjacent to an activating group) is 1. The lowest BCUT2D eigenvalue weighted by Crippen LogP contribution is -2.58. The highest BCUT2D eigenvalue weighted by Crippen LogP contribution is 2.46. The van der Waals surface area contributed by atoms with E-state index < -0.39 is 0 Å². The van der Waals surface area contributed by atoms with Gasteiger partial charge in [0.1, 0.15) is 6.61 Å². The fourth-order valence-corrected chi connectivity index (χ4v) is 2.63. The van der Waals surface area contributed by atoms with Crippen LogP contribution in [0.4, 0.5) is 5.82 Å². The highest BCUT2D eigenvalue weighted by Gasteiger charge is 2.46. The Labute approximate surface area is 94.9 Å². The van der Waals surface area contributed by atoms with Gasteiger partial charge in [-0.3, -0.25) is 0 Å². The molecule has 0 aromatic carbocycles. The zero-order valence-electron chi connectivity index (χ0n) is 8.73. The second-order valence-corrected chi connectivity index (χ2v) is 4.89. The molecule has 1 aliphatic carbocycles. The molecule has 2 aliphatic rings. The van der Waals surface area contributed by atoms with Crippen LogP contribution in [0.25, 0.3) is 0 Å². The molecule has 3 nitrogen and oxygen atoms in total. The molecule has 3 rings (SSSR count). The summed E-state index contributed by atoms with van der Waals surface area (Å²) in [5.74, 6) is 1.77. The maximum atomic E-state index is 5.80. The number of nitrogens with zero attached hydrogens (tertiary/aromatic N) is 2. The minimum atomic E-state index is 0.210. The standard InChI is InChI=1S/C11H14N2OS/c1-13-10-9(8(15)3-6-12-10)14-7-11(13)4-2-5-11/h3,6H,2,4-5,7H2,1H3,(H,12,15). The highest BCUT2D eigenvalue weighted by molar-refractivity contribution is 7.80. The van der Waals surface area contributed by atoms with Gasteiger partial charge >= 0.3 is 0 Å². The van der Waals surface area contributed by atoms with E-state index >= 15 is 0 Å². The highest BCUT2D eigenvalue weighted by atomic mass is 32.1. The first kappa shape index (κ1) is 9.33. The Morgan fingerprint density at radius 1 is 1.53 bits per heavy atom. The summed E-state index contributed by atoms with van der Waals surface area (Å²) in [5.41, 5.74) is 0.210. The van der Waals surface area contributed by atoms with Gasteiger partial charge in [0.15, 0.2) is 11.6 Å². The van der Waals surface area contributed by atoms with Crippen LogP contribution in [0.1, 0.15) is 19.3 Å². The predicted octanol–water partition coefficient (Wildman–Crippen LogP) is 2.12. The van der Waals surface area contributed by atoms with Crippen LogP contribution in [0.2, 0.25) is 0 Å². The van der Waals surface area contributed by atoms with Crippen LogP contribution in [-0.2, 0) is 0 Å². The Balaban J connectivity index is 2.06. The molecule has 0 radical (unpaired) electrons. The van der Waals surface area contributed by atoms with E-state index in [1.807, 2.05) is 6.07 Å². The first-order valence-electron chi connectivity index (χ1n) is 5.28. The first-order chi connectivity index (χ1) is 7.23. The van der Waals surface area contributed by atoms with E-state index in [0.717, 1.165) is 23.1 Å². The Morgan fingerprint density at radius 2 is 2.33 bits per heavy atom. The third-order valence-corrected chi connectivity index (χ3v) is 4.02. The number of fused-ring (bicyclic) bond motifs is 1. The van der Waals surface area contributed by atoms with E-state index in [1.54, 1.807) is 6.20 Å². The second-order valence-electron chi connectivity index (χ2n) is 4.41. The number of hydrogen-bond donors (Lipinski definition) is 1. The summed E-state index contributed by atoms with van der Waals surface area (Å²) in [5, 5.41) is 0. The maximum Gasteiger partial charge on any atom is 0.175 e. The molecule has 1 spiro atoms. The molecule has 1 aromatic heterocycles. The summed E-state index contributed by atoms with van der Waals surface area (Å²) in [6.45, 7) is 0.774. The van der Waals surface area contributed by atoms with Crippen LogP contribution < -0.4 is 9.64 Å². The lowest BCUT2D eigenvalue weighted by Gasteiger charge is -2.51. The fraction of sp³-hybridized carbons (Fsp3) is 0.545. The quantitative estimate of drug-likeness (QED) is 0.681. The van der Waals surface area contributed by atoms with Crippen molar-refractivity contribution in [2.45, 2.75) is 29.7 Å². The molecule has 4 heteroatoms. The average molecular weight is 222 g/mol. The van der Waals surface area contributed by atoms with Crippen molar-refractivity contribution in [2.24, 2.45) is 0 Å². The van der Waals surface area contributed by atoms with Crippen LogP contribution in [0.5, 0.6) is 5.75 Å². The van der Waals surface area contributed by atoms with Crippen molar-refractivity contribution in [2.75, 3.05) is 18.6 Å². The average Bonchev–Trinajstić information content (AvgIpc) is 2.17. The number of aromatic nitrogens is 1. The molecule has 0 atom stereocenters. The number of anilines is 1. The van der Waals surface area contributed by atoms with Gasteiger partial charge < -0.3 is 9.64 Å². The summed E-state index contributed by atoms with van der Waals surface area (Å²) in [6.07, 6.45) is 5.51. The normalized spacial score (nSPS) is 21.9. The SMILES string of the molecule is CN1c2nccc(S)c2OCC12CCC2. The van der Waals surface area contributed by atoms with Crippen LogP contribution in [0.15, 0.2) is 17.2 Å². The Kier molecular flexibility index (Phi) is 1.89. The van der Waals surface area contributed by atoms with E-state index in [2.05, 4.69) is 29.6 Å². The van der Waals surface area contributed by atoms with Crippen molar-refractivity contribution < 1.29 is 4.74 Å². The molecule has 1 saturated carbocycles. The predicted molar refractivity (Wildman–Crippen MR) is 62.0 cm³/mol. The summed E-state index contributed by atoms with van der Waals surface area (Å²) in [6, 6.07) is 1.87. The van der Waals surface area contributed by atoms with E-state index in [-0.39, 0.29) is 5.54 Å². The zero-order valence-corrected chi connectivity index (χ0v) is 9.63. The van der Waals surface area contributed by atoms with Gasteiger partial charge in [0.2, 0.25) is 0 Å². The van der Waals surface area contributed by atoms with Gasteiger partial charge in [0, 0.05) is 13.2 Å². The number of thiol groups is 1. The second kappa shape index (κ2) is 3.04. The third kappa shape index (κ3) is 1.17. The number of hydrogen-bond acceptors (Lipinski definition) is 4. The van der Waals surface area contributed by atoms with Crippen LogP contribution in [0.3, 0.4) is 0 Å². The smallest absolute Gasteiger partial charge is 0.175 e. The third-order valence-electron chi connectivity index (χ3n) is 3.66. The van der Waals surface area contributed by atoms with Crippen molar-refractivity contribution in [3.8, 4) is 5.75 Å². The van der Waals surface area contributed by atoms with Crippen LogP contribution in [0, 0.1) is 0 Å². The summed E-state index contributed by atoms with van der Waals surface area (Å²) < 4.78 is 5.80. The summed E-state index contributed by atoms with van der Waals surface area (Å²) in [7, 11) is 2.11. The molecule has 0 amide bonds. The van der Waals surface area contributed by atoms with Crippen molar-refractivity contribution in [3.63, 3.8) is 0 Å². The van der Waals surface area contributed by atoms with Crippen molar-refractivity contribution in [1.29, 1.82) is 0 Å². The lowest BCUT2D eigenvalue weighted by molar-refractivity contribution is 0.116. The molecule has 1 fully saturated rings. The van der Waals surface area contributed by atoms with Crippen molar-refractivity contribution in [3.05, 3.63) is 12.3 Å². The van der Waals surface area contributed by atoms with Crippen LogP contribution in [-0.4, -0.2) is 24.2 Å². The topological polar surface area (TPSA) is 25.4 Å². The molecule has 0 N–H and O–H groups in total. The van der Waals surface area contributed by atoms with E-state index in [0.29, 0.717) is 0 Å². The molecular formula is C11H14N2OS. The monoisotopic (exact) mass is 222 g/mol. The number of ether oxygens (including phenoxy) is 1. The first-order valence-corrected chi connectivity index (χ1v) is 5.72. The zero-order chi connectivity index (χ0) is 10.5. The molecule has 1 aliphatic heterocycles. The molecule has 2 heterocycles. The molecular weight excluding hydrogens is 208 g/mol. The van der Waals surface area contributed by atoms with E-state index in [4.69, 9.17) is 4.74 Å². The van der Waals surface area contributed by atoms with Gasteiger partial charge in [-0.25, -0.2) is 4.98 Å². The Morgan fingerprint density at radius 3 is 3.00 bits per heavy atom. The largest absolute Gasteiger partial charge is 0.486 e. The minimum absolute atomic E-state index is 0.210. The van der Waals surface area contributed by atoms with Gasteiger partial charge in [0.05, 0.1) is 10.4 Å². The molecule has 15 heavy (non-hydrogen) atoms. The molecule has 0 saturated heterocycles. The Hall–Kier alpha value is -0.900. The van der Waals surface area contributed by atoms with Crippen molar-refractivity contribution >= 4 is 18.4 Å². The molecule has 0 bridgehead atoms. The Bertz CT molecular complexity index is 404. The van der Waals surface area contributed by atoms with Gasteiger partial charge in [-0.2, -0.15) is 0 Å². The van der Waals surface area contributed by atoms with Crippen LogP contribution >= 0.6 is 12.6 Å². The molecule has 80 valence electrons. The fourth-order valence-electron chi connectivity index (χ4n) is 2.40. The number of pyridine rings is 1. The van der Waals surface area contributed by atoms with Gasteiger partial charge in [-0.05, 0) is 25.3 Å². The molecule has 0 unspecified atom stereocenters. The number of rotatable bonds is 0.